The van der Waals surface area contributed by atoms with Crippen LogP contribution in [0.1, 0.15) is 27.7 Å². The molecule has 0 unspecified atom stereocenters. The van der Waals surface area contributed by atoms with Crippen LogP contribution in [0.5, 0.6) is 0 Å². The summed E-state index contributed by atoms with van der Waals surface area (Å²) in [5.74, 6) is 3.14. The number of rotatable bonds is 8. The third kappa shape index (κ3) is 12.1. The molecular formula is C96H66BClN6O2S2. The van der Waals surface area contributed by atoms with Crippen LogP contribution in [-0.4, -0.2) is 48.2 Å². The fourth-order valence-corrected chi connectivity index (χ4v) is 17.6. The molecule has 1 saturated heterocycles. The molecular weight excluding hydrogens is 1380 g/mol. The Labute approximate surface area is 637 Å². The van der Waals surface area contributed by atoms with Crippen LogP contribution in [0.4, 0.5) is 0 Å². The van der Waals surface area contributed by atoms with E-state index in [1.165, 1.54) is 122 Å². The number of aromatic nitrogens is 6. The van der Waals surface area contributed by atoms with Crippen molar-refractivity contribution in [3.8, 4) is 79.2 Å². The number of benzene rings is 16. The van der Waals surface area contributed by atoms with Crippen molar-refractivity contribution in [2.75, 3.05) is 0 Å². The van der Waals surface area contributed by atoms with Gasteiger partial charge in [0.2, 0.25) is 5.28 Å². The first-order valence-corrected chi connectivity index (χ1v) is 38.3. The van der Waals surface area contributed by atoms with Crippen molar-refractivity contribution in [3.05, 3.63) is 333 Å². The van der Waals surface area contributed by atoms with Crippen molar-refractivity contribution >= 4 is 152 Å². The molecule has 21 rings (SSSR count). The zero-order chi connectivity index (χ0) is 72.6. The zero-order valence-electron chi connectivity index (χ0n) is 59.4. The Morgan fingerprint density at radius 3 is 0.991 bits per heavy atom. The van der Waals surface area contributed by atoms with Crippen LogP contribution < -0.4 is 5.46 Å². The number of thiophene rings is 2. The molecule has 0 spiro atoms. The molecule has 4 aromatic heterocycles. The highest BCUT2D eigenvalue weighted by Gasteiger charge is 2.52. The van der Waals surface area contributed by atoms with Gasteiger partial charge in [-0.1, -0.05) is 279 Å². The van der Waals surface area contributed by atoms with E-state index in [4.69, 9.17) is 35.9 Å². The van der Waals surface area contributed by atoms with E-state index in [1.807, 2.05) is 120 Å². The second-order valence-corrected chi connectivity index (χ2v) is 30.8. The summed E-state index contributed by atoms with van der Waals surface area (Å²) < 4.78 is 18.5. The van der Waals surface area contributed by atoms with Crippen molar-refractivity contribution in [3.63, 3.8) is 0 Å². The number of hydrogen-bond donors (Lipinski definition) is 0. The van der Waals surface area contributed by atoms with Crippen LogP contribution in [0.2, 0.25) is 5.28 Å². The Hall–Kier alpha value is -12.2. The Bertz CT molecular complexity index is 6790. The molecule has 0 aliphatic carbocycles. The third-order valence-electron chi connectivity index (χ3n) is 21.3. The fourth-order valence-electron chi connectivity index (χ4n) is 15.3. The lowest BCUT2D eigenvalue weighted by Crippen LogP contribution is -2.41. The summed E-state index contributed by atoms with van der Waals surface area (Å²) >= 11 is 9.70. The Morgan fingerprint density at radius 2 is 0.556 bits per heavy atom. The normalized spacial score (nSPS) is 13.3. The molecule has 0 atom stereocenters. The summed E-state index contributed by atoms with van der Waals surface area (Å²) in [5.41, 5.74) is 9.84. The Balaban J connectivity index is 0.000000120. The summed E-state index contributed by atoms with van der Waals surface area (Å²) in [6, 6.07) is 115. The van der Waals surface area contributed by atoms with E-state index in [0.29, 0.717) is 29.1 Å². The SMILES string of the molecule is CC1(C)OB(c2cccc3c4ccccc4c4ccc(-c5ccc6sc7ccccc7c6c5)cc4c23)OC1(C)C.Clc1nc(-c2ccccc2)nc(-c2ccccc2)n1.c1ccc(-c2nc(-c3ccccc3)nc(-c3cccc4c5ccccc5c5ccc(-c6ccc7sc8ccccc8c7c6)cc5c34)n2)cc1. The average Bonchev–Trinajstić information content (AvgIpc) is 1.00. The fraction of sp³-hybridized carbons (Fsp3) is 0.0625. The van der Waals surface area contributed by atoms with E-state index in [9.17, 15) is 0 Å². The third-order valence-corrected chi connectivity index (χ3v) is 23.8. The van der Waals surface area contributed by atoms with Gasteiger partial charge in [0.15, 0.2) is 29.1 Å². The summed E-state index contributed by atoms with van der Waals surface area (Å²) in [6.07, 6.45) is 0. The first-order valence-electron chi connectivity index (χ1n) is 36.2. The van der Waals surface area contributed by atoms with Crippen molar-refractivity contribution < 1.29 is 9.31 Å². The number of nitrogens with zero attached hydrogens (tertiary/aromatic N) is 6. The second kappa shape index (κ2) is 27.3. The van der Waals surface area contributed by atoms with Crippen LogP contribution in [0.15, 0.2) is 328 Å². The van der Waals surface area contributed by atoms with E-state index in [1.54, 1.807) is 0 Å². The van der Waals surface area contributed by atoms with Gasteiger partial charge in [-0.15, -0.1) is 22.7 Å². The molecule has 0 radical (unpaired) electrons. The summed E-state index contributed by atoms with van der Waals surface area (Å²) in [5, 5.41) is 20.0. The maximum Gasteiger partial charge on any atom is 0.495 e. The summed E-state index contributed by atoms with van der Waals surface area (Å²) in [4.78, 5) is 28.1. The Morgan fingerprint density at radius 1 is 0.250 bits per heavy atom. The van der Waals surface area contributed by atoms with Gasteiger partial charge in [-0.25, -0.2) is 19.9 Å². The lowest BCUT2D eigenvalue weighted by Gasteiger charge is -2.32. The molecule has 0 bridgehead atoms. The predicted molar refractivity (Wildman–Crippen MR) is 456 cm³/mol. The minimum atomic E-state index is -0.435. The molecule has 1 aliphatic heterocycles. The van der Waals surface area contributed by atoms with Gasteiger partial charge in [-0.2, -0.15) is 9.97 Å². The van der Waals surface area contributed by atoms with Crippen molar-refractivity contribution in [1.29, 1.82) is 0 Å². The van der Waals surface area contributed by atoms with E-state index in [-0.39, 0.29) is 5.28 Å². The van der Waals surface area contributed by atoms with Gasteiger partial charge >= 0.3 is 7.12 Å². The van der Waals surface area contributed by atoms with Gasteiger partial charge in [0, 0.05) is 73.5 Å². The molecule has 12 heteroatoms. The van der Waals surface area contributed by atoms with Crippen molar-refractivity contribution in [2.24, 2.45) is 0 Å². The molecule has 16 aromatic carbocycles. The molecule has 0 saturated carbocycles. The molecule has 1 aliphatic rings. The highest BCUT2D eigenvalue weighted by atomic mass is 35.5. The van der Waals surface area contributed by atoms with Crippen LogP contribution in [0, 0.1) is 0 Å². The average molecular weight is 1450 g/mol. The lowest BCUT2D eigenvalue weighted by molar-refractivity contribution is 0.00578. The van der Waals surface area contributed by atoms with E-state index in [2.05, 4.69) is 273 Å². The second-order valence-electron chi connectivity index (χ2n) is 28.3. The number of hydrogen-bond acceptors (Lipinski definition) is 10. The van der Waals surface area contributed by atoms with Gasteiger partial charge in [0.1, 0.15) is 0 Å². The Kier molecular flexibility index (Phi) is 16.8. The quantitative estimate of drug-likeness (QED) is 0.110. The molecule has 1 fully saturated rings. The van der Waals surface area contributed by atoms with Gasteiger partial charge in [-0.05, 0) is 175 Å². The maximum absolute atomic E-state index is 6.59. The van der Waals surface area contributed by atoms with E-state index >= 15 is 0 Å². The monoisotopic (exact) mass is 1440 g/mol. The van der Waals surface area contributed by atoms with Gasteiger partial charge < -0.3 is 9.31 Å². The van der Waals surface area contributed by atoms with E-state index < -0.39 is 18.3 Å². The molecule has 514 valence electrons. The van der Waals surface area contributed by atoms with Gasteiger partial charge in [-0.3, -0.25) is 0 Å². The van der Waals surface area contributed by atoms with Crippen LogP contribution in [0.3, 0.4) is 0 Å². The predicted octanol–water partition coefficient (Wildman–Crippen LogP) is 25.7. The molecule has 0 amide bonds. The number of halogens is 1. The minimum Gasteiger partial charge on any atom is -0.399 e. The van der Waals surface area contributed by atoms with Crippen LogP contribution in [0.25, 0.3) is 184 Å². The van der Waals surface area contributed by atoms with Gasteiger partial charge in [0.05, 0.1) is 11.2 Å². The first-order chi connectivity index (χ1) is 52.9. The lowest BCUT2D eigenvalue weighted by atomic mass is 9.74. The smallest absolute Gasteiger partial charge is 0.399 e. The van der Waals surface area contributed by atoms with Crippen LogP contribution >= 0.6 is 34.3 Å². The standard InChI is InChI=1S/C45H27N3S.C36H29BO2S.C15H10ClN3/c1-3-12-28(13-4-1)43-46-44(29-14-5-2-6-15-29)48-45(47-43)37-20-11-19-36-33-17-8-7-16-32(33)34-24-22-30(27-39(34)42(36)37)31-23-25-41-38(26-31)35-18-9-10-21-40(35)49-41;1-35(2)36(3,4)39-37(38-35)31-14-9-13-28-25-11-6-5-10-24(25)26-18-16-22(21-30(26)34(28)31)23-17-19-33-29(20-23)27-12-7-8-15-32(27)40-33;16-15-18-13(11-7-3-1-4-8-11)17-14(19-15)12-9-5-2-6-10-12/h1-27H;5-21H,1-4H3;1-10H. The summed E-state index contributed by atoms with van der Waals surface area (Å²) in [7, 11) is -0.435. The molecule has 8 nitrogen and oxygen atoms in total. The molecule has 20 aromatic rings. The van der Waals surface area contributed by atoms with E-state index in [0.717, 1.165) is 38.7 Å². The van der Waals surface area contributed by atoms with Gasteiger partial charge in [0.25, 0.3) is 0 Å². The van der Waals surface area contributed by atoms with Crippen molar-refractivity contribution in [1.82, 2.24) is 29.9 Å². The molecule has 108 heavy (non-hydrogen) atoms. The first kappa shape index (κ1) is 66.5. The highest BCUT2D eigenvalue weighted by molar-refractivity contribution is 7.26. The largest absolute Gasteiger partial charge is 0.495 e. The zero-order valence-corrected chi connectivity index (χ0v) is 61.8. The topological polar surface area (TPSA) is 95.8 Å². The maximum atomic E-state index is 6.59. The number of fused-ring (bicyclic) bond motifs is 18. The molecule has 5 heterocycles. The highest BCUT2D eigenvalue weighted by Crippen LogP contribution is 2.46. The summed E-state index contributed by atoms with van der Waals surface area (Å²) in [6.45, 7) is 8.48. The van der Waals surface area contributed by atoms with Crippen LogP contribution in [-0.2, 0) is 9.31 Å². The minimum absolute atomic E-state index is 0.202. The molecule has 0 N–H and O–H groups in total. The van der Waals surface area contributed by atoms with Crippen molar-refractivity contribution in [2.45, 2.75) is 38.9 Å².